The number of nitrogens with one attached hydrogen (secondary N) is 1. The Morgan fingerprint density at radius 2 is 1.92 bits per heavy atom. The van der Waals surface area contributed by atoms with Crippen LogP contribution in [0.1, 0.15) is 6.42 Å². The number of piperazine rings is 1. The lowest BCUT2D eigenvalue weighted by atomic mass is 10.1. The smallest absolute Gasteiger partial charge is 0.494 e. The van der Waals surface area contributed by atoms with E-state index in [1.165, 1.54) is 4.90 Å². The number of carboxylic acid groups (broad SMARTS) is 1. The molecule has 1 fully saturated rings. The van der Waals surface area contributed by atoms with E-state index in [-0.39, 0.29) is 30.8 Å². The summed E-state index contributed by atoms with van der Waals surface area (Å²) in [5.41, 5.74) is -5.35. The molecule has 0 saturated carbocycles. The summed E-state index contributed by atoms with van der Waals surface area (Å²) in [6.07, 6.45) is -0.499. The Morgan fingerprint density at radius 1 is 1.31 bits per heavy atom. The molecular formula is C14H18ClF3N2O5S. The second-order valence-corrected chi connectivity index (χ2v) is 7.38. The first-order valence-electron chi connectivity index (χ1n) is 7.37. The molecule has 1 aliphatic rings. The lowest BCUT2D eigenvalue weighted by molar-refractivity contribution is -0.0436. The monoisotopic (exact) mass is 418 g/mol. The lowest BCUT2D eigenvalue weighted by Gasteiger charge is -2.31. The molecule has 0 aliphatic carbocycles. The lowest BCUT2D eigenvalue weighted by Crippen LogP contribution is -2.52. The fourth-order valence-corrected chi connectivity index (χ4v) is 3.12. The predicted molar refractivity (Wildman–Crippen MR) is 88.4 cm³/mol. The van der Waals surface area contributed by atoms with Crippen LogP contribution in [0.2, 0.25) is 0 Å². The van der Waals surface area contributed by atoms with Crippen molar-refractivity contribution >= 4 is 28.3 Å². The normalized spacial score (nSPS) is 18.1. The molecule has 7 nitrogen and oxygen atoms in total. The van der Waals surface area contributed by atoms with E-state index in [9.17, 15) is 26.4 Å². The fourth-order valence-electron chi connectivity index (χ4n) is 2.36. The highest BCUT2D eigenvalue weighted by atomic mass is 35.5. The second kappa shape index (κ2) is 8.78. The van der Waals surface area contributed by atoms with Crippen LogP contribution in [0.3, 0.4) is 0 Å². The van der Waals surface area contributed by atoms with Gasteiger partial charge in [-0.05, 0) is 30.7 Å². The van der Waals surface area contributed by atoms with Crippen LogP contribution >= 0.6 is 12.4 Å². The van der Waals surface area contributed by atoms with Crippen LogP contribution in [0, 0.1) is 0 Å². The van der Waals surface area contributed by atoms with Gasteiger partial charge in [-0.25, -0.2) is 13.2 Å². The van der Waals surface area contributed by atoms with Gasteiger partial charge < -0.3 is 20.1 Å². The Morgan fingerprint density at radius 3 is 2.46 bits per heavy atom. The van der Waals surface area contributed by atoms with E-state index >= 15 is 0 Å². The van der Waals surface area contributed by atoms with Gasteiger partial charge in [0.15, 0.2) is 0 Å². The number of hydrogen-bond acceptors (Lipinski definition) is 5. The SMILES string of the molecule is Cl.O=C(O)N1CCN[C@H](CCOc2ccc(S(=O)(=O)C(F)(F)F)cc2)C1. The Bertz CT molecular complexity index is 712. The van der Waals surface area contributed by atoms with Crippen molar-refractivity contribution in [3.63, 3.8) is 0 Å². The largest absolute Gasteiger partial charge is 0.501 e. The van der Waals surface area contributed by atoms with Crippen molar-refractivity contribution < 1.29 is 36.2 Å². The fraction of sp³-hybridized carbons (Fsp3) is 0.500. The summed E-state index contributed by atoms with van der Waals surface area (Å²) < 4.78 is 65.2. The highest BCUT2D eigenvalue weighted by Gasteiger charge is 2.46. The van der Waals surface area contributed by atoms with E-state index in [0.29, 0.717) is 26.1 Å². The van der Waals surface area contributed by atoms with E-state index in [1.54, 1.807) is 0 Å². The molecule has 26 heavy (non-hydrogen) atoms. The van der Waals surface area contributed by atoms with Crippen LogP contribution in [0.25, 0.3) is 0 Å². The Kier molecular flexibility index (Phi) is 7.54. The third-order valence-corrected chi connectivity index (χ3v) is 5.20. The Hall–Kier alpha value is -1.72. The zero-order valence-corrected chi connectivity index (χ0v) is 15.0. The molecule has 0 aromatic heterocycles. The average Bonchev–Trinajstić information content (AvgIpc) is 2.54. The van der Waals surface area contributed by atoms with Gasteiger partial charge in [0, 0.05) is 25.7 Å². The second-order valence-electron chi connectivity index (χ2n) is 5.44. The van der Waals surface area contributed by atoms with Gasteiger partial charge in [-0.1, -0.05) is 0 Å². The third kappa shape index (κ3) is 5.39. The summed E-state index contributed by atoms with van der Waals surface area (Å²) in [7, 11) is -5.37. The summed E-state index contributed by atoms with van der Waals surface area (Å²) in [5, 5.41) is 12.1. The number of nitrogens with zero attached hydrogens (tertiary/aromatic N) is 1. The minimum atomic E-state index is -5.37. The van der Waals surface area contributed by atoms with Gasteiger partial charge in [-0.2, -0.15) is 13.2 Å². The molecule has 0 unspecified atom stereocenters. The van der Waals surface area contributed by atoms with Gasteiger partial charge >= 0.3 is 11.6 Å². The average molecular weight is 419 g/mol. The molecule has 1 saturated heterocycles. The number of halogens is 4. The molecule has 1 aromatic carbocycles. The van der Waals surface area contributed by atoms with Crippen LogP contribution in [-0.4, -0.2) is 62.3 Å². The molecule has 0 bridgehead atoms. The molecule has 2 N–H and O–H groups in total. The van der Waals surface area contributed by atoms with E-state index in [0.717, 1.165) is 24.3 Å². The summed E-state index contributed by atoms with van der Waals surface area (Å²) >= 11 is 0. The molecular weight excluding hydrogens is 401 g/mol. The number of benzene rings is 1. The number of carbonyl (C=O) groups is 1. The molecule has 1 aliphatic heterocycles. The topological polar surface area (TPSA) is 95.9 Å². The highest BCUT2D eigenvalue weighted by Crippen LogP contribution is 2.30. The molecule has 2 rings (SSSR count). The maximum absolute atomic E-state index is 12.4. The van der Waals surface area contributed by atoms with Gasteiger partial charge in [-0.3, -0.25) is 0 Å². The zero-order valence-electron chi connectivity index (χ0n) is 13.4. The van der Waals surface area contributed by atoms with Crippen molar-refractivity contribution in [1.82, 2.24) is 10.2 Å². The highest BCUT2D eigenvalue weighted by molar-refractivity contribution is 7.92. The van der Waals surface area contributed by atoms with Gasteiger partial charge in [-0.15, -0.1) is 12.4 Å². The van der Waals surface area contributed by atoms with Gasteiger partial charge in [0.2, 0.25) is 0 Å². The maximum Gasteiger partial charge on any atom is 0.501 e. The summed E-state index contributed by atoms with van der Waals surface area (Å²) in [5.74, 6) is 0.229. The molecule has 0 spiro atoms. The van der Waals surface area contributed by atoms with E-state index < -0.39 is 26.3 Å². The minimum absolute atomic E-state index is 0. The van der Waals surface area contributed by atoms with E-state index in [1.807, 2.05) is 0 Å². The van der Waals surface area contributed by atoms with Crippen molar-refractivity contribution in [2.24, 2.45) is 0 Å². The molecule has 148 valence electrons. The number of rotatable bonds is 5. The Balaban J connectivity index is 0.00000338. The molecule has 0 radical (unpaired) electrons. The molecule has 1 amide bonds. The number of alkyl halides is 3. The predicted octanol–water partition coefficient (Wildman–Crippen LogP) is 2.12. The van der Waals surface area contributed by atoms with E-state index in [2.05, 4.69) is 5.32 Å². The maximum atomic E-state index is 12.4. The van der Waals surface area contributed by atoms with E-state index in [4.69, 9.17) is 9.84 Å². The van der Waals surface area contributed by atoms with Crippen LogP contribution < -0.4 is 10.1 Å². The summed E-state index contributed by atoms with van der Waals surface area (Å²) in [4.78, 5) is 11.4. The van der Waals surface area contributed by atoms with Crippen molar-refractivity contribution in [1.29, 1.82) is 0 Å². The minimum Gasteiger partial charge on any atom is -0.494 e. The van der Waals surface area contributed by atoms with Crippen molar-refractivity contribution in [2.45, 2.75) is 22.9 Å². The number of ether oxygens (including phenoxy) is 1. The van der Waals surface area contributed by atoms with Crippen molar-refractivity contribution in [3.8, 4) is 5.75 Å². The molecule has 1 heterocycles. The van der Waals surface area contributed by atoms with Crippen LogP contribution in [0.4, 0.5) is 18.0 Å². The van der Waals surface area contributed by atoms with Crippen LogP contribution in [0.5, 0.6) is 5.75 Å². The van der Waals surface area contributed by atoms with Gasteiger partial charge in [0.05, 0.1) is 11.5 Å². The van der Waals surface area contributed by atoms with Crippen LogP contribution in [0.15, 0.2) is 29.2 Å². The molecule has 1 atom stereocenters. The number of hydrogen-bond donors (Lipinski definition) is 2. The van der Waals surface area contributed by atoms with Crippen molar-refractivity contribution in [3.05, 3.63) is 24.3 Å². The van der Waals surface area contributed by atoms with Gasteiger partial charge in [0.25, 0.3) is 9.84 Å². The quantitative estimate of drug-likeness (QED) is 0.760. The molecule has 12 heteroatoms. The summed E-state index contributed by atoms with van der Waals surface area (Å²) in [6.45, 7) is 1.46. The summed E-state index contributed by atoms with van der Waals surface area (Å²) in [6, 6.07) is 3.88. The third-order valence-electron chi connectivity index (χ3n) is 3.70. The first-order valence-corrected chi connectivity index (χ1v) is 8.85. The zero-order chi connectivity index (χ0) is 18.7. The first-order chi connectivity index (χ1) is 11.6. The molecule has 1 aromatic rings. The van der Waals surface area contributed by atoms with Crippen LogP contribution in [-0.2, 0) is 9.84 Å². The van der Waals surface area contributed by atoms with Gasteiger partial charge in [0.1, 0.15) is 5.75 Å². The number of sulfone groups is 1. The first kappa shape index (κ1) is 22.3. The van der Waals surface area contributed by atoms with Crippen molar-refractivity contribution in [2.75, 3.05) is 26.2 Å². The Labute approximate surface area is 154 Å². The standard InChI is InChI=1S/C14H17F3N2O5S.ClH/c15-14(16,17)25(22,23)12-3-1-11(2-4-12)24-8-5-10-9-19(13(20)21)7-6-18-10;/h1-4,10,18H,5-9H2,(H,20,21);1H/t10-;/m1./s1. The number of amides is 1.